The Morgan fingerprint density at radius 3 is 2.92 bits per heavy atom. The van der Waals surface area contributed by atoms with Gasteiger partial charge in [0.1, 0.15) is 11.9 Å². The van der Waals surface area contributed by atoms with Crippen LogP contribution in [0.3, 0.4) is 0 Å². The molecule has 1 atom stereocenters. The van der Waals surface area contributed by atoms with E-state index in [1.165, 1.54) is 4.31 Å². The summed E-state index contributed by atoms with van der Waals surface area (Å²) in [6.45, 7) is 0.644. The Labute approximate surface area is 145 Å². The van der Waals surface area contributed by atoms with Crippen molar-refractivity contribution in [3.05, 3.63) is 40.4 Å². The van der Waals surface area contributed by atoms with Gasteiger partial charge in [-0.2, -0.15) is 4.31 Å². The summed E-state index contributed by atoms with van der Waals surface area (Å²) in [6, 6.07) is 6.38. The van der Waals surface area contributed by atoms with E-state index in [0.717, 1.165) is 6.26 Å². The molecule has 2 aromatic rings. The first kappa shape index (κ1) is 17.6. The smallest absolute Gasteiger partial charge is 0.258 e. The largest absolute Gasteiger partial charge is 0.354 e. The lowest BCUT2D eigenvalue weighted by molar-refractivity contribution is -0.124. The maximum atomic E-state index is 12.3. The summed E-state index contributed by atoms with van der Waals surface area (Å²) >= 11 is 0. The molecule has 0 unspecified atom stereocenters. The zero-order valence-electron chi connectivity index (χ0n) is 13.9. The van der Waals surface area contributed by atoms with Gasteiger partial charge in [0, 0.05) is 19.5 Å². The topological polar surface area (TPSA) is 112 Å². The second-order valence-corrected chi connectivity index (χ2v) is 8.04. The Morgan fingerprint density at radius 2 is 2.16 bits per heavy atom. The molecule has 1 aromatic carbocycles. The number of carbonyl (C=O) groups is 1. The zero-order valence-corrected chi connectivity index (χ0v) is 14.7. The molecule has 1 amide bonds. The van der Waals surface area contributed by atoms with Crippen LogP contribution in [0.5, 0.6) is 0 Å². The number of nitrogens with one attached hydrogen (secondary N) is 2. The highest BCUT2D eigenvalue weighted by Crippen LogP contribution is 2.20. The van der Waals surface area contributed by atoms with Crippen molar-refractivity contribution >= 4 is 26.8 Å². The van der Waals surface area contributed by atoms with Crippen LogP contribution in [0.1, 0.15) is 18.7 Å². The number of rotatable bonds is 5. The van der Waals surface area contributed by atoms with E-state index in [-0.39, 0.29) is 18.0 Å². The monoisotopic (exact) mass is 364 g/mol. The van der Waals surface area contributed by atoms with Gasteiger partial charge in [-0.25, -0.2) is 13.4 Å². The molecule has 0 bridgehead atoms. The lowest BCUT2D eigenvalue weighted by Gasteiger charge is -2.21. The molecule has 134 valence electrons. The maximum absolute atomic E-state index is 12.3. The number of fused-ring (bicyclic) bond motifs is 1. The molecule has 1 aromatic heterocycles. The van der Waals surface area contributed by atoms with Crippen LogP contribution in [0.2, 0.25) is 0 Å². The van der Waals surface area contributed by atoms with Crippen molar-refractivity contribution in [2.75, 3.05) is 19.3 Å². The molecule has 3 rings (SSSR count). The number of sulfonamides is 1. The van der Waals surface area contributed by atoms with Crippen LogP contribution < -0.4 is 10.9 Å². The number of hydrogen-bond acceptors (Lipinski definition) is 5. The highest BCUT2D eigenvalue weighted by molar-refractivity contribution is 7.88. The Kier molecular flexibility index (Phi) is 4.87. The van der Waals surface area contributed by atoms with E-state index in [2.05, 4.69) is 15.3 Å². The zero-order chi connectivity index (χ0) is 18.0. The van der Waals surface area contributed by atoms with Crippen molar-refractivity contribution < 1.29 is 13.2 Å². The van der Waals surface area contributed by atoms with Crippen LogP contribution in [0.25, 0.3) is 10.9 Å². The molecule has 25 heavy (non-hydrogen) atoms. The van der Waals surface area contributed by atoms with E-state index in [9.17, 15) is 18.0 Å². The van der Waals surface area contributed by atoms with Crippen molar-refractivity contribution in [3.8, 4) is 0 Å². The molecular formula is C16H20N4O4S. The number of amides is 1. The van der Waals surface area contributed by atoms with Crippen LogP contribution in [-0.4, -0.2) is 54.0 Å². The van der Waals surface area contributed by atoms with Crippen LogP contribution in [0.4, 0.5) is 0 Å². The molecule has 2 N–H and O–H groups in total. The van der Waals surface area contributed by atoms with E-state index in [4.69, 9.17) is 0 Å². The number of nitrogens with zero attached hydrogens (tertiary/aromatic N) is 2. The first-order valence-corrected chi connectivity index (χ1v) is 9.93. The van der Waals surface area contributed by atoms with Crippen LogP contribution >= 0.6 is 0 Å². The quantitative estimate of drug-likeness (QED) is 0.776. The summed E-state index contributed by atoms with van der Waals surface area (Å²) in [5.41, 5.74) is 0.387. The Morgan fingerprint density at radius 1 is 1.40 bits per heavy atom. The van der Waals surface area contributed by atoms with Gasteiger partial charge in [-0.3, -0.25) is 9.59 Å². The average Bonchev–Trinajstić information content (AvgIpc) is 3.05. The first-order chi connectivity index (χ1) is 11.9. The summed E-state index contributed by atoms with van der Waals surface area (Å²) in [6.07, 6.45) is 2.66. The molecular weight excluding hydrogens is 344 g/mol. The van der Waals surface area contributed by atoms with Gasteiger partial charge in [-0.1, -0.05) is 12.1 Å². The van der Waals surface area contributed by atoms with Crippen molar-refractivity contribution in [3.63, 3.8) is 0 Å². The molecule has 8 nitrogen and oxygen atoms in total. The molecule has 0 radical (unpaired) electrons. The third-order valence-electron chi connectivity index (χ3n) is 4.26. The van der Waals surface area contributed by atoms with Crippen molar-refractivity contribution in [2.24, 2.45) is 0 Å². The van der Waals surface area contributed by atoms with Gasteiger partial charge in [-0.15, -0.1) is 0 Å². The lowest BCUT2D eigenvalue weighted by atomic mass is 10.2. The molecule has 1 fully saturated rings. The molecule has 0 aliphatic carbocycles. The predicted molar refractivity (Wildman–Crippen MR) is 93.6 cm³/mol. The van der Waals surface area contributed by atoms with Crippen LogP contribution in [-0.2, 0) is 21.2 Å². The van der Waals surface area contributed by atoms with E-state index in [1.54, 1.807) is 24.3 Å². The standard InChI is InChI=1S/C16H20N4O4S/c1-25(23,24)20-10-4-7-13(20)16(22)17-9-8-14-18-12-6-3-2-5-11(12)15(21)19-14/h2-3,5-6,13H,4,7-10H2,1H3,(H,17,22)(H,18,19,21)/t13-/m0/s1. The summed E-state index contributed by atoms with van der Waals surface area (Å²) in [5, 5.41) is 3.25. The third-order valence-corrected chi connectivity index (χ3v) is 5.54. The number of benzene rings is 1. The first-order valence-electron chi connectivity index (χ1n) is 8.09. The SMILES string of the molecule is CS(=O)(=O)N1CCC[C@H]1C(=O)NCCc1nc2ccccc2c(=O)[nH]1. The lowest BCUT2D eigenvalue weighted by Crippen LogP contribution is -2.46. The third kappa shape index (κ3) is 3.88. The number of hydrogen-bond donors (Lipinski definition) is 2. The van der Waals surface area contributed by atoms with Crippen molar-refractivity contribution in [2.45, 2.75) is 25.3 Å². The molecule has 1 saturated heterocycles. The number of aromatic amines is 1. The minimum atomic E-state index is -3.39. The van der Waals surface area contributed by atoms with Gasteiger partial charge in [0.05, 0.1) is 17.2 Å². The summed E-state index contributed by atoms with van der Waals surface area (Å²) in [4.78, 5) is 31.3. The van der Waals surface area contributed by atoms with Gasteiger partial charge >= 0.3 is 0 Å². The van der Waals surface area contributed by atoms with Gasteiger partial charge in [0.25, 0.3) is 5.56 Å². The van der Waals surface area contributed by atoms with Gasteiger partial charge < -0.3 is 10.3 Å². The maximum Gasteiger partial charge on any atom is 0.258 e. The normalized spacial score (nSPS) is 18.5. The molecule has 1 aliphatic rings. The predicted octanol–water partition coefficient (Wildman–Crippen LogP) is 0.00580. The van der Waals surface area contributed by atoms with Crippen LogP contribution in [0, 0.1) is 0 Å². The summed E-state index contributed by atoms with van der Waals surface area (Å²) < 4.78 is 24.6. The Hall–Kier alpha value is -2.26. The summed E-state index contributed by atoms with van der Waals surface area (Å²) in [7, 11) is -3.39. The van der Waals surface area contributed by atoms with E-state index in [1.807, 2.05) is 0 Å². The average molecular weight is 364 g/mol. The fourth-order valence-corrected chi connectivity index (χ4v) is 4.20. The van der Waals surface area contributed by atoms with Gasteiger partial charge in [-0.05, 0) is 25.0 Å². The second kappa shape index (κ2) is 6.93. The minimum absolute atomic E-state index is 0.217. The molecule has 1 aliphatic heterocycles. The van der Waals surface area contributed by atoms with E-state index in [0.29, 0.717) is 42.5 Å². The fraction of sp³-hybridized carbons (Fsp3) is 0.438. The Balaban J connectivity index is 1.63. The van der Waals surface area contributed by atoms with E-state index < -0.39 is 16.1 Å². The number of aromatic nitrogens is 2. The molecule has 0 saturated carbocycles. The highest BCUT2D eigenvalue weighted by atomic mass is 32.2. The van der Waals surface area contributed by atoms with Crippen molar-refractivity contribution in [1.29, 1.82) is 0 Å². The number of H-pyrrole nitrogens is 1. The summed E-state index contributed by atoms with van der Waals surface area (Å²) in [5.74, 6) is 0.168. The fourth-order valence-electron chi connectivity index (χ4n) is 3.07. The minimum Gasteiger partial charge on any atom is -0.354 e. The van der Waals surface area contributed by atoms with Crippen LogP contribution in [0.15, 0.2) is 29.1 Å². The van der Waals surface area contributed by atoms with Gasteiger partial charge in [0.2, 0.25) is 15.9 Å². The molecule has 9 heteroatoms. The van der Waals surface area contributed by atoms with Gasteiger partial charge in [0.15, 0.2) is 0 Å². The van der Waals surface area contributed by atoms with Crippen molar-refractivity contribution in [1.82, 2.24) is 19.6 Å². The Bertz CT molecular complexity index is 954. The number of para-hydroxylation sites is 1. The molecule has 2 heterocycles. The highest BCUT2D eigenvalue weighted by Gasteiger charge is 2.36. The van der Waals surface area contributed by atoms with E-state index >= 15 is 0 Å². The number of carbonyl (C=O) groups excluding carboxylic acids is 1. The second-order valence-electron chi connectivity index (χ2n) is 6.10. The molecule has 0 spiro atoms.